The number of pyridine rings is 1. The van der Waals surface area contributed by atoms with E-state index in [-0.39, 0.29) is 17.6 Å². The zero-order valence-electron chi connectivity index (χ0n) is 12.7. The van der Waals surface area contributed by atoms with Crippen LogP contribution >= 0.6 is 0 Å². The molecule has 1 aliphatic rings. The molecule has 7 nitrogen and oxygen atoms in total. The molecule has 0 saturated carbocycles. The molecule has 1 fully saturated rings. The number of carbonyl (C=O) groups is 2. The second-order valence-electron chi connectivity index (χ2n) is 5.64. The van der Waals surface area contributed by atoms with Crippen LogP contribution in [0.1, 0.15) is 30.3 Å². The summed E-state index contributed by atoms with van der Waals surface area (Å²) >= 11 is 0. The highest BCUT2D eigenvalue weighted by atomic mass is 16.5. The standard InChI is InChI=1S/C16H17N3O4/c1-10-12(16(21)22)3-2-8-19(10)15(20)13-9-14(23-18-13)11-4-6-17-7-5-11/h4-7,9-10,12H,2-3,8H2,1H3,(H,21,22)/t10-,12-/m1/s1. The Balaban J connectivity index is 1.81. The lowest BCUT2D eigenvalue weighted by molar-refractivity contribution is -0.144. The maximum atomic E-state index is 12.6. The molecule has 1 N–H and O–H groups in total. The number of hydrogen-bond acceptors (Lipinski definition) is 5. The SMILES string of the molecule is C[C@@H]1[C@H](C(=O)O)CCCN1C(=O)c1cc(-c2ccncc2)on1. The lowest BCUT2D eigenvalue weighted by atomic mass is 9.90. The molecule has 3 heterocycles. The fourth-order valence-electron chi connectivity index (χ4n) is 2.94. The summed E-state index contributed by atoms with van der Waals surface area (Å²) in [6.45, 7) is 2.29. The molecule has 0 aliphatic carbocycles. The van der Waals surface area contributed by atoms with Crippen LogP contribution in [0.4, 0.5) is 0 Å². The predicted octanol–water partition coefficient (Wildman–Crippen LogP) is 2.06. The summed E-state index contributed by atoms with van der Waals surface area (Å²) < 4.78 is 5.23. The molecule has 23 heavy (non-hydrogen) atoms. The minimum absolute atomic E-state index is 0.190. The molecule has 7 heteroatoms. The number of aliphatic carboxylic acids is 1. The van der Waals surface area contributed by atoms with E-state index < -0.39 is 11.9 Å². The van der Waals surface area contributed by atoms with Crippen molar-refractivity contribution in [1.29, 1.82) is 0 Å². The average Bonchev–Trinajstić information content (AvgIpc) is 3.05. The molecule has 3 rings (SSSR count). The molecule has 1 amide bonds. The third-order valence-corrected chi connectivity index (χ3v) is 4.26. The van der Waals surface area contributed by atoms with E-state index in [1.165, 1.54) is 0 Å². The molecular weight excluding hydrogens is 298 g/mol. The third kappa shape index (κ3) is 2.94. The van der Waals surface area contributed by atoms with Crippen LogP contribution in [0, 0.1) is 5.92 Å². The summed E-state index contributed by atoms with van der Waals surface area (Å²) in [4.78, 5) is 29.4. The number of rotatable bonds is 3. The van der Waals surface area contributed by atoms with Crippen molar-refractivity contribution >= 4 is 11.9 Å². The molecule has 0 radical (unpaired) electrons. The lowest BCUT2D eigenvalue weighted by Crippen LogP contribution is -2.49. The van der Waals surface area contributed by atoms with Crippen LogP contribution in [0.5, 0.6) is 0 Å². The van der Waals surface area contributed by atoms with Crippen LogP contribution in [-0.4, -0.2) is 44.6 Å². The van der Waals surface area contributed by atoms with Crippen LogP contribution in [0.15, 0.2) is 35.1 Å². The number of piperidine rings is 1. The first-order valence-corrected chi connectivity index (χ1v) is 7.49. The monoisotopic (exact) mass is 315 g/mol. The molecule has 1 saturated heterocycles. The second kappa shape index (κ2) is 6.20. The molecule has 0 unspecified atom stereocenters. The van der Waals surface area contributed by atoms with Crippen molar-refractivity contribution in [2.75, 3.05) is 6.54 Å². The van der Waals surface area contributed by atoms with Gasteiger partial charge in [0.2, 0.25) is 0 Å². The highest BCUT2D eigenvalue weighted by Crippen LogP contribution is 2.26. The quantitative estimate of drug-likeness (QED) is 0.931. The van der Waals surface area contributed by atoms with E-state index in [1.807, 2.05) is 0 Å². The molecule has 0 bridgehead atoms. The van der Waals surface area contributed by atoms with Crippen LogP contribution in [0.25, 0.3) is 11.3 Å². The van der Waals surface area contributed by atoms with E-state index in [2.05, 4.69) is 10.1 Å². The Morgan fingerprint density at radius 2 is 2.09 bits per heavy atom. The topological polar surface area (TPSA) is 96.5 Å². The van der Waals surface area contributed by atoms with Gasteiger partial charge < -0.3 is 14.5 Å². The minimum Gasteiger partial charge on any atom is -0.481 e. The molecule has 1 aliphatic heterocycles. The molecule has 2 aromatic heterocycles. The van der Waals surface area contributed by atoms with Crippen LogP contribution in [0.3, 0.4) is 0 Å². The summed E-state index contributed by atoms with van der Waals surface area (Å²) in [5, 5.41) is 13.1. The number of carboxylic acid groups (broad SMARTS) is 1. The first kappa shape index (κ1) is 15.2. The van der Waals surface area contributed by atoms with E-state index in [4.69, 9.17) is 4.52 Å². The fraction of sp³-hybridized carbons (Fsp3) is 0.375. The maximum absolute atomic E-state index is 12.6. The Labute approximate surface area is 132 Å². The summed E-state index contributed by atoms with van der Waals surface area (Å²) in [5.74, 6) is -1.23. The van der Waals surface area contributed by atoms with Gasteiger partial charge in [-0.2, -0.15) is 0 Å². The van der Waals surface area contributed by atoms with Crippen LogP contribution in [0.2, 0.25) is 0 Å². The van der Waals surface area contributed by atoms with Crippen molar-refractivity contribution in [3.63, 3.8) is 0 Å². The largest absolute Gasteiger partial charge is 0.481 e. The van der Waals surface area contributed by atoms with Crippen molar-refractivity contribution in [1.82, 2.24) is 15.0 Å². The lowest BCUT2D eigenvalue weighted by Gasteiger charge is -2.36. The fourth-order valence-corrected chi connectivity index (χ4v) is 2.94. The van der Waals surface area contributed by atoms with E-state index in [0.29, 0.717) is 25.1 Å². The van der Waals surface area contributed by atoms with Crippen LogP contribution in [-0.2, 0) is 4.79 Å². The van der Waals surface area contributed by atoms with Gasteiger partial charge in [0.25, 0.3) is 5.91 Å². The zero-order valence-corrected chi connectivity index (χ0v) is 12.7. The van der Waals surface area contributed by atoms with Gasteiger partial charge in [-0.3, -0.25) is 14.6 Å². The summed E-state index contributed by atoms with van der Waals surface area (Å²) in [5.41, 5.74) is 0.969. The highest BCUT2D eigenvalue weighted by molar-refractivity contribution is 5.93. The van der Waals surface area contributed by atoms with Gasteiger partial charge >= 0.3 is 5.97 Å². The number of carboxylic acids is 1. The summed E-state index contributed by atoms with van der Waals surface area (Å²) in [6.07, 6.45) is 4.51. The normalized spacial score (nSPS) is 21.2. The van der Waals surface area contributed by atoms with Gasteiger partial charge in [0.15, 0.2) is 11.5 Å². The number of carbonyl (C=O) groups excluding carboxylic acids is 1. The van der Waals surface area contributed by atoms with E-state index in [9.17, 15) is 14.7 Å². The smallest absolute Gasteiger partial charge is 0.308 e. The number of hydrogen-bond donors (Lipinski definition) is 1. The first-order valence-electron chi connectivity index (χ1n) is 7.49. The van der Waals surface area contributed by atoms with Gasteiger partial charge in [0.05, 0.1) is 5.92 Å². The summed E-state index contributed by atoms with van der Waals surface area (Å²) in [7, 11) is 0. The van der Waals surface area contributed by atoms with Gasteiger partial charge in [0, 0.05) is 36.6 Å². The van der Waals surface area contributed by atoms with Gasteiger partial charge in [-0.1, -0.05) is 5.16 Å². The van der Waals surface area contributed by atoms with Gasteiger partial charge in [-0.05, 0) is 31.9 Å². The Bertz CT molecular complexity index is 713. The average molecular weight is 315 g/mol. The summed E-state index contributed by atoms with van der Waals surface area (Å²) in [6, 6.07) is 4.74. The molecule has 2 aromatic rings. The number of nitrogens with zero attached hydrogens (tertiary/aromatic N) is 3. The van der Waals surface area contributed by atoms with Crippen LogP contribution < -0.4 is 0 Å². The molecule has 0 spiro atoms. The van der Waals surface area contributed by atoms with Gasteiger partial charge in [0.1, 0.15) is 0 Å². The van der Waals surface area contributed by atoms with Gasteiger partial charge in [-0.25, -0.2) is 0 Å². The van der Waals surface area contributed by atoms with Crippen molar-refractivity contribution in [2.45, 2.75) is 25.8 Å². The number of aromatic nitrogens is 2. The molecule has 120 valence electrons. The molecule has 2 atom stereocenters. The Morgan fingerprint density at radius 3 is 2.78 bits per heavy atom. The third-order valence-electron chi connectivity index (χ3n) is 4.26. The maximum Gasteiger partial charge on any atom is 0.308 e. The second-order valence-corrected chi connectivity index (χ2v) is 5.64. The Kier molecular flexibility index (Phi) is 4.10. The van der Waals surface area contributed by atoms with Crippen molar-refractivity contribution in [3.8, 4) is 11.3 Å². The molecular formula is C16H17N3O4. The predicted molar refractivity (Wildman–Crippen MR) is 80.6 cm³/mol. The molecule has 0 aromatic carbocycles. The van der Waals surface area contributed by atoms with E-state index in [0.717, 1.165) is 5.56 Å². The highest BCUT2D eigenvalue weighted by Gasteiger charge is 2.36. The van der Waals surface area contributed by atoms with E-state index >= 15 is 0 Å². The van der Waals surface area contributed by atoms with Crippen molar-refractivity contribution in [3.05, 3.63) is 36.3 Å². The minimum atomic E-state index is -0.868. The number of likely N-dealkylation sites (tertiary alicyclic amines) is 1. The zero-order chi connectivity index (χ0) is 16.4. The van der Waals surface area contributed by atoms with Gasteiger partial charge in [-0.15, -0.1) is 0 Å². The Morgan fingerprint density at radius 1 is 1.35 bits per heavy atom. The van der Waals surface area contributed by atoms with Crippen molar-refractivity contribution < 1.29 is 19.2 Å². The number of amides is 1. The van der Waals surface area contributed by atoms with E-state index in [1.54, 1.807) is 42.4 Å². The first-order chi connectivity index (χ1) is 11.1. The van der Waals surface area contributed by atoms with Crippen molar-refractivity contribution in [2.24, 2.45) is 5.92 Å². The Hall–Kier alpha value is -2.70.